The highest BCUT2D eigenvalue weighted by Crippen LogP contribution is 2.18. The van der Waals surface area contributed by atoms with E-state index < -0.39 is 11.6 Å². The first-order valence-electron chi connectivity index (χ1n) is 4.17. The van der Waals surface area contributed by atoms with Crippen molar-refractivity contribution < 1.29 is 9.18 Å². The van der Waals surface area contributed by atoms with Crippen LogP contribution >= 0.6 is 11.3 Å². The highest BCUT2D eigenvalue weighted by Gasteiger charge is 2.16. The number of rotatable bonds is 2. The number of hydrogen-bond donors (Lipinski definition) is 1. The van der Waals surface area contributed by atoms with Gasteiger partial charge in [-0.2, -0.15) is 0 Å². The van der Waals surface area contributed by atoms with Crippen LogP contribution in [0.25, 0.3) is 0 Å². The number of anilines is 1. The van der Waals surface area contributed by atoms with Crippen molar-refractivity contribution in [3.63, 3.8) is 0 Å². The van der Waals surface area contributed by atoms with E-state index in [4.69, 9.17) is 5.73 Å². The molecule has 76 valence electrons. The zero-order valence-corrected chi connectivity index (χ0v) is 8.42. The van der Waals surface area contributed by atoms with Gasteiger partial charge in [0.2, 0.25) is 5.78 Å². The zero-order chi connectivity index (χ0) is 10.8. The first-order chi connectivity index (χ1) is 7.20. The van der Waals surface area contributed by atoms with Gasteiger partial charge in [0.1, 0.15) is 5.69 Å². The predicted molar refractivity (Wildman–Crippen MR) is 56.4 cm³/mol. The topological polar surface area (TPSA) is 56.0 Å². The number of benzene rings is 1. The fraction of sp³-hybridized carbons (Fsp3) is 0. The first-order valence-corrected chi connectivity index (χ1v) is 5.11. The normalized spacial score (nSPS) is 10.2. The maximum Gasteiger partial charge on any atom is 0.215 e. The lowest BCUT2D eigenvalue weighted by Crippen LogP contribution is -2.06. The lowest BCUT2D eigenvalue weighted by molar-refractivity contribution is 0.103. The number of ketones is 1. The molecule has 0 saturated heterocycles. The van der Waals surface area contributed by atoms with Crippen LogP contribution in [0.15, 0.2) is 29.1 Å². The van der Waals surface area contributed by atoms with Gasteiger partial charge in [-0.15, -0.1) is 11.3 Å². The van der Waals surface area contributed by atoms with Crippen LogP contribution in [0.1, 0.15) is 16.1 Å². The largest absolute Gasteiger partial charge is 0.396 e. The molecule has 0 saturated carbocycles. The van der Waals surface area contributed by atoms with Gasteiger partial charge in [-0.05, 0) is 12.1 Å². The van der Waals surface area contributed by atoms with Crippen LogP contribution in [0, 0.1) is 5.82 Å². The summed E-state index contributed by atoms with van der Waals surface area (Å²) in [7, 11) is 0. The third-order valence-electron chi connectivity index (χ3n) is 1.94. The van der Waals surface area contributed by atoms with Crippen LogP contribution < -0.4 is 5.73 Å². The first kappa shape index (κ1) is 9.79. The molecule has 2 N–H and O–H groups in total. The van der Waals surface area contributed by atoms with Crippen LogP contribution in [-0.2, 0) is 0 Å². The predicted octanol–water partition coefficient (Wildman–Crippen LogP) is 2.10. The molecule has 0 aliphatic heterocycles. The van der Waals surface area contributed by atoms with Gasteiger partial charge in [-0.1, -0.05) is 6.07 Å². The number of aromatic nitrogens is 1. The minimum absolute atomic E-state index is 0.0314. The standard InChI is InChI=1S/C10H7FN2OS/c11-9-6(2-1-3-7(9)12)10(14)8-4-15-5-13-8/h1-5H,12H2. The average Bonchev–Trinajstić information content (AvgIpc) is 2.74. The molecule has 0 aliphatic carbocycles. The summed E-state index contributed by atoms with van der Waals surface area (Å²) in [6.45, 7) is 0. The molecule has 3 nitrogen and oxygen atoms in total. The van der Waals surface area contributed by atoms with Gasteiger partial charge < -0.3 is 5.73 Å². The van der Waals surface area contributed by atoms with Crippen LogP contribution in [0.4, 0.5) is 10.1 Å². The second-order valence-electron chi connectivity index (χ2n) is 2.91. The molecule has 1 aromatic carbocycles. The Morgan fingerprint density at radius 1 is 1.47 bits per heavy atom. The number of hydrogen-bond acceptors (Lipinski definition) is 4. The van der Waals surface area contributed by atoms with E-state index in [-0.39, 0.29) is 16.9 Å². The fourth-order valence-corrected chi connectivity index (χ4v) is 1.72. The molecule has 0 amide bonds. The number of halogens is 1. The van der Waals surface area contributed by atoms with Gasteiger partial charge in [0, 0.05) is 5.38 Å². The highest BCUT2D eigenvalue weighted by atomic mass is 32.1. The number of nitrogens with two attached hydrogens (primary N) is 1. The lowest BCUT2D eigenvalue weighted by atomic mass is 10.1. The molecule has 0 atom stereocenters. The maximum absolute atomic E-state index is 13.5. The van der Waals surface area contributed by atoms with Gasteiger partial charge in [0.15, 0.2) is 5.82 Å². The number of carbonyl (C=O) groups excluding carboxylic acids is 1. The Balaban J connectivity index is 2.47. The van der Waals surface area contributed by atoms with Crippen molar-refractivity contribution in [1.29, 1.82) is 0 Å². The summed E-state index contributed by atoms with van der Waals surface area (Å²) >= 11 is 1.29. The van der Waals surface area contributed by atoms with E-state index in [1.807, 2.05) is 0 Å². The summed E-state index contributed by atoms with van der Waals surface area (Å²) in [5.41, 5.74) is 7.06. The molecule has 0 aliphatic rings. The second-order valence-corrected chi connectivity index (χ2v) is 3.63. The molecular formula is C10H7FN2OS. The number of carbonyl (C=O) groups is 1. The van der Waals surface area contributed by atoms with E-state index in [1.54, 1.807) is 5.38 Å². The summed E-state index contributed by atoms with van der Waals surface area (Å²) in [6.07, 6.45) is 0. The number of nitrogens with zero attached hydrogens (tertiary/aromatic N) is 1. The quantitative estimate of drug-likeness (QED) is 0.625. The van der Waals surface area contributed by atoms with Crippen LogP contribution in [0.3, 0.4) is 0 Å². The molecule has 0 spiro atoms. The summed E-state index contributed by atoms with van der Waals surface area (Å²) in [5.74, 6) is -1.13. The Bertz CT molecular complexity index is 496. The van der Waals surface area contributed by atoms with E-state index in [9.17, 15) is 9.18 Å². The Morgan fingerprint density at radius 2 is 2.27 bits per heavy atom. The Kier molecular flexibility index (Phi) is 2.47. The van der Waals surface area contributed by atoms with Crippen LogP contribution in [0.2, 0.25) is 0 Å². The van der Waals surface area contributed by atoms with Crippen LogP contribution in [0.5, 0.6) is 0 Å². The molecule has 5 heteroatoms. The Labute approximate surface area is 89.4 Å². The Hall–Kier alpha value is -1.75. The third-order valence-corrected chi connectivity index (χ3v) is 2.52. The van der Waals surface area contributed by atoms with E-state index in [0.717, 1.165) is 0 Å². The number of thiazole rings is 1. The van der Waals surface area contributed by atoms with Gasteiger partial charge in [-0.3, -0.25) is 4.79 Å². The van der Waals surface area contributed by atoms with Crippen molar-refractivity contribution in [2.75, 3.05) is 5.73 Å². The van der Waals surface area contributed by atoms with E-state index in [2.05, 4.69) is 4.98 Å². The second kappa shape index (κ2) is 3.78. The van der Waals surface area contributed by atoms with E-state index in [1.165, 1.54) is 35.0 Å². The molecule has 1 heterocycles. The summed E-state index contributed by atoms with van der Waals surface area (Å²) in [6, 6.07) is 4.35. The smallest absolute Gasteiger partial charge is 0.215 e. The fourth-order valence-electron chi connectivity index (χ4n) is 1.19. The van der Waals surface area contributed by atoms with Crippen molar-refractivity contribution >= 4 is 22.8 Å². The average molecular weight is 222 g/mol. The molecule has 0 radical (unpaired) electrons. The highest BCUT2D eigenvalue weighted by molar-refractivity contribution is 7.07. The minimum atomic E-state index is -0.685. The SMILES string of the molecule is Nc1cccc(C(=O)c2cscn2)c1F. The molecule has 15 heavy (non-hydrogen) atoms. The minimum Gasteiger partial charge on any atom is -0.396 e. The van der Waals surface area contributed by atoms with Crippen molar-refractivity contribution in [2.24, 2.45) is 0 Å². The van der Waals surface area contributed by atoms with Gasteiger partial charge in [0.05, 0.1) is 16.8 Å². The van der Waals surface area contributed by atoms with E-state index >= 15 is 0 Å². The molecular weight excluding hydrogens is 215 g/mol. The van der Waals surface area contributed by atoms with Gasteiger partial charge >= 0.3 is 0 Å². The van der Waals surface area contributed by atoms with E-state index in [0.29, 0.717) is 0 Å². The lowest BCUT2D eigenvalue weighted by Gasteiger charge is -2.01. The zero-order valence-electron chi connectivity index (χ0n) is 7.61. The summed E-state index contributed by atoms with van der Waals surface area (Å²) in [4.78, 5) is 15.6. The van der Waals surface area contributed by atoms with Crippen molar-refractivity contribution in [3.8, 4) is 0 Å². The van der Waals surface area contributed by atoms with Crippen molar-refractivity contribution in [1.82, 2.24) is 4.98 Å². The van der Waals surface area contributed by atoms with Crippen molar-refractivity contribution in [2.45, 2.75) is 0 Å². The third kappa shape index (κ3) is 1.73. The molecule has 0 unspecified atom stereocenters. The maximum atomic E-state index is 13.5. The van der Waals surface area contributed by atoms with Crippen molar-refractivity contribution in [3.05, 3.63) is 46.2 Å². The molecule has 2 aromatic rings. The molecule has 2 rings (SSSR count). The number of nitrogen functional groups attached to an aromatic ring is 1. The van der Waals surface area contributed by atoms with Crippen LogP contribution in [-0.4, -0.2) is 10.8 Å². The molecule has 0 fully saturated rings. The Morgan fingerprint density at radius 3 is 2.93 bits per heavy atom. The van der Waals surface area contributed by atoms with Gasteiger partial charge in [0.25, 0.3) is 0 Å². The monoisotopic (exact) mass is 222 g/mol. The molecule has 1 aromatic heterocycles. The summed E-state index contributed by atoms with van der Waals surface area (Å²) in [5, 5.41) is 1.57. The molecule has 0 bridgehead atoms. The van der Waals surface area contributed by atoms with Gasteiger partial charge in [-0.25, -0.2) is 9.37 Å². The summed E-state index contributed by atoms with van der Waals surface area (Å²) < 4.78 is 13.5.